The van der Waals surface area contributed by atoms with Crippen LogP contribution in [-0.4, -0.2) is 43.2 Å². The lowest BCUT2D eigenvalue weighted by atomic mass is 10.1. The minimum atomic E-state index is 0.0173. The van der Waals surface area contributed by atoms with Crippen molar-refractivity contribution < 1.29 is 4.79 Å². The Bertz CT molecular complexity index is 178. The van der Waals surface area contributed by atoms with E-state index in [4.69, 9.17) is 0 Å². The van der Waals surface area contributed by atoms with Crippen LogP contribution in [0.1, 0.15) is 20.3 Å². The number of hydrogen-bond donors (Lipinski definition) is 2. The number of nitrogens with one attached hydrogen (secondary N) is 2. The number of carbonyl (C=O) groups is 1. The summed E-state index contributed by atoms with van der Waals surface area (Å²) in [6, 6.07) is 0.732. The first-order chi connectivity index (χ1) is 6.09. The number of urea groups is 1. The van der Waals surface area contributed by atoms with E-state index in [0.29, 0.717) is 6.04 Å². The van der Waals surface area contributed by atoms with Crippen LogP contribution in [0.4, 0.5) is 4.79 Å². The van der Waals surface area contributed by atoms with Crippen molar-refractivity contribution in [2.45, 2.75) is 32.4 Å². The fraction of sp³-hybridized carbons (Fsp3) is 0.889. The van der Waals surface area contributed by atoms with E-state index in [1.807, 2.05) is 20.9 Å². The average Bonchev–Trinajstić information content (AvgIpc) is 1.94. The zero-order valence-electron chi connectivity index (χ0n) is 8.63. The molecule has 13 heavy (non-hydrogen) atoms. The molecule has 1 unspecified atom stereocenters. The molecule has 0 aromatic heterocycles. The van der Waals surface area contributed by atoms with Gasteiger partial charge in [-0.3, -0.25) is 0 Å². The van der Waals surface area contributed by atoms with E-state index in [1.165, 1.54) is 6.42 Å². The van der Waals surface area contributed by atoms with Crippen molar-refractivity contribution in [3.63, 3.8) is 0 Å². The third-order valence-corrected chi connectivity index (χ3v) is 2.18. The van der Waals surface area contributed by atoms with Gasteiger partial charge in [0.2, 0.25) is 0 Å². The minimum absolute atomic E-state index is 0.0173. The molecule has 1 heterocycles. The van der Waals surface area contributed by atoms with Crippen molar-refractivity contribution in [1.29, 1.82) is 0 Å². The molecule has 1 saturated heterocycles. The predicted molar refractivity (Wildman–Crippen MR) is 52.7 cm³/mol. The van der Waals surface area contributed by atoms with Gasteiger partial charge in [0.1, 0.15) is 0 Å². The van der Waals surface area contributed by atoms with Crippen LogP contribution in [0.25, 0.3) is 0 Å². The number of amides is 2. The molecule has 0 spiro atoms. The number of likely N-dealkylation sites (N-methyl/N-ethyl adjacent to an activating group) is 1. The molecule has 0 aliphatic carbocycles. The summed E-state index contributed by atoms with van der Waals surface area (Å²) in [7, 11) is 1.83. The van der Waals surface area contributed by atoms with Gasteiger partial charge >= 0.3 is 6.03 Å². The Balaban J connectivity index is 2.20. The van der Waals surface area contributed by atoms with E-state index in [2.05, 4.69) is 10.6 Å². The Labute approximate surface area is 79.7 Å². The van der Waals surface area contributed by atoms with Gasteiger partial charge in [0.15, 0.2) is 0 Å². The van der Waals surface area contributed by atoms with Gasteiger partial charge in [0.25, 0.3) is 0 Å². The topological polar surface area (TPSA) is 44.4 Å². The summed E-state index contributed by atoms with van der Waals surface area (Å²) in [5, 5.41) is 6.12. The quantitative estimate of drug-likeness (QED) is 0.668. The van der Waals surface area contributed by atoms with Crippen LogP contribution < -0.4 is 10.6 Å². The summed E-state index contributed by atoms with van der Waals surface area (Å²) >= 11 is 0. The average molecular weight is 185 g/mol. The van der Waals surface area contributed by atoms with Crippen molar-refractivity contribution in [1.82, 2.24) is 15.5 Å². The SMILES string of the molecule is CC(C)NC(=O)N(C)CC1CCN1. The van der Waals surface area contributed by atoms with Crippen molar-refractivity contribution in [2.24, 2.45) is 0 Å². The Morgan fingerprint density at radius 1 is 1.69 bits per heavy atom. The Morgan fingerprint density at radius 2 is 2.31 bits per heavy atom. The summed E-state index contributed by atoms with van der Waals surface area (Å²) in [5.41, 5.74) is 0. The van der Waals surface area contributed by atoms with Crippen LogP contribution in [0.2, 0.25) is 0 Å². The molecule has 0 saturated carbocycles. The second kappa shape index (κ2) is 4.46. The molecule has 1 atom stereocenters. The third-order valence-electron chi connectivity index (χ3n) is 2.18. The van der Waals surface area contributed by atoms with Crippen LogP contribution in [0, 0.1) is 0 Å². The first-order valence-electron chi connectivity index (χ1n) is 4.84. The van der Waals surface area contributed by atoms with Gasteiger partial charge in [-0.1, -0.05) is 0 Å². The molecule has 1 fully saturated rings. The molecular formula is C9H19N3O. The second-order valence-electron chi connectivity index (χ2n) is 3.92. The molecule has 1 aliphatic rings. The molecule has 2 N–H and O–H groups in total. The Morgan fingerprint density at radius 3 is 2.69 bits per heavy atom. The summed E-state index contributed by atoms with van der Waals surface area (Å²) < 4.78 is 0. The number of nitrogens with zero attached hydrogens (tertiary/aromatic N) is 1. The summed E-state index contributed by atoms with van der Waals surface area (Å²) in [5.74, 6) is 0. The lowest BCUT2D eigenvalue weighted by Crippen LogP contribution is -2.52. The molecule has 0 radical (unpaired) electrons. The van der Waals surface area contributed by atoms with E-state index < -0.39 is 0 Å². The van der Waals surface area contributed by atoms with E-state index in [9.17, 15) is 4.79 Å². The number of rotatable bonds is 3. The highest BCUT2D eigenvalue weighted by atomic mass is 16.2. The molecular weight excluding hydrogens is 166 g/mol. The maximum absolute atomic E-state index is 11.4. The maximum atomic E-state index is 11.4. The normalized spacial score (nSPS) is 21.1. The van der Waals surface area contributed by atoms with E-state index in [-0.39, 0.29) is 12.1 Å². The monoisotopic (exact) mass is 185 g/mol. The maximum Gasteiger partial charge on any atom is 0.317 e. The third kappa shape index (κ3) is 3.22. The highest BCUT2D eigenvalue weighted by Gasteiger charge is 2.20. The first kappa shape index (κ1) is 10.3. The van der Waals surface area contributed by atoms with E-state index >= 15 is 0 Å². The molecule has 0 aromatic carbocycles. The molecule has 0 aromatic rings. The number of carbonyl (C=O) groups excluding carboxylic acids is 1. The van der Waals surface area contributed by atoms with Gasteiger partial charge < -0.3 is 15.5 Å². The first-order valence-corrected chi connectivity index (χ1v) is 4.84. The van der Waals surface area contributed by atoms with Gasteiger partial charge in [-0.15, -0.1) is 0 Å². The molecule has 4 heteroatoms. The molecule has 2 amide bonds. The van der Waals surface area contributed by atoms with Crippen LogP contribution in [0.5, 0.6) is 0 Å². The van der Waals surface area contributed by atoms with E-state index in [1.54, 1.807) is 4.90 Å². The smallest absolute Gasteiger partial charge is 0.317 e. The molecule has 4 nitrogen and oxygen atoms in total. The Kier molecular flexibility index (Phi) is 3.54. The van der Waals surface area contributed by atoms with Crippen LogP contribution in [0.3, 0.4) is 0 Å². The fourth-order valence-corrected chi connectivity index (χ4v) is 1.27. The summed E-state index contributed by atoms with van der Waals surface area (Å²) in [4.78, 5) is 13.1. The van der Waals surface area contributed by atoms with Crippen LogP contribution in [0.15, 0.2) is 0 Å². The molecule has 1 rings (SSSR count). The summed E-state index contributed by atoms with van der Waals surface area (Å²) in [6.45, 7) is 5.82. The van der Waals surface area contributed by atoms with Crippen molar-refractivity contribution in [3.8, 4) is 0 Å². The van der Waals surface area contributed by atoms with Gasteiger partial charge in [0.05, 0.1) is 0 Å². The van der Waals surface area contributed by atoms with Gasteiger partial charge in [0, 0.05) is 25.7 Å². The van der Waals surface area contributed by atoms with Gasteiger partial charge in [-0.25, -0.2) is 4.79 Å². The molecule has 1 aliphatic heterocycles. The fourth-order valence-electron chi connectivity index (χ4n) is 1.27. The van der Waals surface area contributed by atoms with Gasteiger partial charge in [-0.2, -0.15) is 0 Å². The Hall–Kier alpha value is -0.770. The second-order valence-corrected chi connectivity index (χ2v) is 3.92. The van der Waals surface area contributed by atoms with Crippen molar-refractivity contribution in [2.75, 3.05) is 20.1 Å². The molecule has 0 bridgehead atoms. The zero-order valence-corrected chi connectivity index (χ0v) is 8.63. The van der Waals surface area contributed by atoms with Gasteiger partial charge in [-0.05, 0) is 26.8 Å². The standard InChI is InChI=1S/C9H19N3O/c1-7(2)11-9(13)12(3)6-8-4-5-10-8/h7-8,10H,4-6H2,1-3H3,(H,11,13). The van der Waals surface area contributed by atoms with Crippen LogP contribution >= 0.6 is 0 Å². The number of hydrogen-bond acceptors (Lipinski definition) is 2. The highest BCUT2D eigenvalue weighted by Crippen LogP contribution is 2.03. The highest BCUT2D eigenvalue weighted by molar-refractivity contribution is 5.74. The van der Waals surface area contributed by atoms with Crippen molar-refractivity contribution >= 4 is 6.03 Å². The van der Waals surface area contributed by atoms with Crippen molar-refractivity contribution in [3.05, 3.63) is 0 Å². The lowest BCUT2D eigenvalue weighted by Gasteiger charge is -2.32. The lowest BCUT2D eigenvalue weighted by molar-refractivity contribution is 0.192. The summed E-state index contributed by atoms with van der Waals surface area (Å²) in [6.07, 6.45) is 1.18. The largest absolute Gasteiger partial charge is 0.336 e. The van der Waals surface area contributed by atoms with Crippen LogP contribution in [-0.2, 0) is 0 Å². The predicted octanol–water partition coefficient (Wildman–Crippen LogP) is 0.398. The zero-order chi connectivity index (χ0) is 9.84. The minimum Gasteiger partial charge on any atom is -0.336 e. The molecule has 76 valence electrons. The van der Waals surface area contributed by atoms with E-state index in [0.717, 1.165) is 13.1 Å².